The first-order valence-corrected chi connectivity index (χ1v) is 8.43. The Kier molecular flexibility index (Phi) is 14.6. The molecule has 4 nitrogen and oxygen atoms in total. The molecule has 2 N–H and O–H groups in total. The molecule has 118 valence electrons. The predicted octanol–water partition coefficient (Wildman–Crippen LogP) is 2.82. The van der Waals surface area contributed by atoms with Crippen LogP contribution in [0.2, 0.25) is 0 Å². The van der Waals surface area contributed by atoms with Crippen LogP contribution in [0.15, 0.2) is 0 Å². The lowest BCUT2D eigenvalue weighted by molar-refractivity contribution is -0.122. The summed E-state index contributed by atoms with van der Waals surface area (Å²) >= 11 is 11.0. The van der Waals surface area contributed by atoms with Gasteiger partial charge in [0.05, 0.1) is 0 Å². The molecule has 0 radical (unpaired) electrons. The Morgan fingerprint density at radius 2 is 1.00 bits per heavy atom. The number of hydrogen-bond acceptors (Lipinski definition) is 2. The standard InChI is InChI=1S/C14H26Cl2N2O2/c15-9-11-17-13(19)7-5-3-1-2-4-6-8-14(20)18-12-10-16/h1-12H2,(H,17,19)(H,18,20). The van der Waals surface area contributed by atoms with Crippen LogP contribution in [-0.4, -0.2) is 36.7 Å². The van der Waals surface area contributed by atoms with Gasteiger partial charge in [0.2, 0.25) is 11.8 Å². The predicted molar refractivity (Wildman–Crippen MR) is 84.4 cm³/mol. The topological polar surface area (TPSA) is 58.2 Å². The van der Waals surface area contributed by atoms with Gasteiger partial charge < -0.3 is 10.6 Å². The number of hydrogen-bond donors (Lipinski definition) is 2. The summed E-state index contributed by atoms with van der Waals surface area (Å²) in [6, 6.07) is 0. The van der Waals surface area contributed by atoms with Gasteiger partial charge in [-0.15, -0.1) is 23.2 Å². The zero-order valence-electron chi connectivity index (χ0n) is 12.1. The largest absolute Gasteiger partial charge is 0.355 e. The molecule has 20 heavy (non-hydrogen) atoms. The molecule has 0 atom stereocenters. The number of alkyl halides is 2. The zero-order chi connectivity index (χ0) is 15.1. The molecule has 6 heteroatoms. The molecule has 0 saturated carbocycles. The van der Waals surface area contributed by atoms with Crippen LogP contribution in [0, 0.1) is 0 Å². The number of rotatable bonds is 13. The summed E-state index contributed by atoms with van der Waals surface area (Å²) in [6.07, 6.45) is 7.36. The Bertz CT molecular complexity index is 238. The highest BCUT2D eigenvalue weighted by atomic mass is 35.5. The highest BCUT2D eigenvalue weighted by Crippen LogP contribution is 2.08. The summed E-state index contributed by atoms with van der Waals surface area (Å²) in [6.45, 7) is 1.10. The minimum absolute atomic E-state index is 0.0848. The lowest BCUT2D eigenvalue weighted by Crippen LogP contribution is -2.24. The van der Waals surface area contributed by atoms with Gasteiger partial charge in [0.25, 0.3) is 0 Å². The van der Waals surface area contributed by atoms with E-state index in [0.29, 0.717) is 37.7 Å². The van der Waals surface area contributed by atoms with E-state index < -0.39 is 0 Å². The second-order valence-electron chi connectivity index (χ2n) is 4.70. The van der Waals surface area contributed by atoms with Crippen LogP contribution in [0.25, 0.3) is 0 Å². The SMILES string of the molecule is O=C(CCCCCCCCC(=O)NCCCl)NCCCl. The van der Waals surface area contributed by atoms with E-state index in [4.69, 9.17) is 23.2 Å². The molecule has 0 heterocycles. The molecule has 0 bridgehead atoms. The van der Waals surface area contributed by atoms with Gasteiger partial charge in [-0.3, -0.25) is 9.59 Å². The van der Waals surface area contributed by atoms with Crippen molar-refractivity contribution in [1.29, 1.82) is 0 Å². The van der Waals surface area contributed by atoms with E-state index in [1.807, 2.05) is 0 Å². The molecule has 0 aliphatic heterocycles. The van der Waals surface area contributed by atoms with E-state index in [-0.39, 0.29) is 11.8 Å². The van der Waals surface area contributed by atoms with Crippen LogP contribution in [-0.2, 0) is 9.59 Å². The van der Waals surface area contributed by atoms with Gasteiger partial charge in [-0.25, -0.2) is 0 Å². The molecule has 0 aliphatic carbocycles. The van der Waals surface area contributed by atoms with Gasteiger partial charge in [-0.1, -0.05) is 25.7 Å². The zero-order valence-corrected chi connectivity index (χ0v) is 13.6. The second kappa shape index (κ2) is 14.9. The maximum absolute atomic E-state index is 11.3. The third-order valence-electron chi connectivity index (χ3n) is 2.89. The van der Waals surface area contributed by atoms with Gasteiger partial charge in [-0.2, -0.15) is 0 Å². The lowest BCUT2D eigenvalue weighted by atomic mass is 10.1. The quantitative estimate of drug-likeness (QED) is 0.404. The molecular weight excluding hydrogens is 299 g/mol. The Labute approximate surface area is 132 Å². The van der Waals surface area contributed by atoms with Crippen LogP contribution in [0.3, 0.4) is 0 Å². The Morgan fingerprint density at radius 3 is 1.35 bits per heavy atom. The lowest BCUT2D eigenvalue weighted by Gasteiger charge is -2.04. The first-order chi connectivity index (χ1) is 9.70. The van der Waals surface area contributed by atoms with Gasteiger partial charge in [-0.05, 0) is 12.8 Å². The highest BCUT2D eigenvalue weighted by molar-refractivity contribution is 6.18. The Morgan fingerprint density at radius 1 is 0.650 bits per heavy atom. The van der Waals surface area contributed by atoms with Crippen molar-refractivity contribution in [2.45, 2.75) is 51.4 Å². The summed E-state index contributed by atoms with van der Waals surface area (Å²) < 4.78 is 0. The van der Waals surface area contributed by atoms with E-state index in [1.54, 1.807) is 0 Å². The van der Waals surface area contributed by atoms with Crippen LogP contribution in [0.1, 0.15) is 51.4 Å². The minimum atomic E-state index is 0.0848. The van der Waals surface area contributed by atoms with Crippen molar-refractivity contribution < 1.29 is 9.59 Å². The molecule has 0 spiro atoms. The summed E-state index contributed by atoms with van der Waals surface area (Å²) in [5, 5.41) is 5.50. The molecular formula is C14H26Cl2N2O2. The second-order valence-corrected chi connectivity index (χ2v) is 5.46. The third kappa shape index (κ3) is 13.9. The molecule has 0 unspecified atom stereocenters. The third-order valence-corrected chi connectivity index (χ3v) is 3.27. The van der Waals surface area contributed by atoms with Crippen molar-refractivity contribution in [3.05, 3.63) is 0 Å². The highest BCUT2D eigenvalue weighted by Gasteiger charge is 2.01. The summed E-state index contributed by atoms with van der Waals surface area (Å²) in [4.78, 5) is 22.5. The maximum atomic E-state index is 11.3. The number of carbonyl (C=O) groups excluding carboxylic acids is 2. The average molecular weight is 325 g/mol. The molecule has 2 amide bonds. The fraction of sp³-hybridized carbons (Fsp3) is 0.857. The summed E-state index contributed by atoms with van der Waals surface area (Å²) in [7, 11) is 0. The first-order valence-electron chi connectivity index (χ1n) is 7.36. The van der Waals surface area contributed by atoms with Gasteiger partial charge in [0.15, 0.2) is 0 Å². The molecule has 0 aliphatic rings. The Balaban J connectivity index is 3.20. The normalized spacial score (nSPS) is 10.3. The van der Waals surface area contributed by atoms with Crippen molar-refractivity contribution in [2.24, 2.45) is 0 Å². The maximum Gasteiger partial charge on any atom is 0.220 e. The van der Waals surface area contributed by atoms with Crippen molar-refractivity contribution in [1.82, 2.24) is 10.6 Å². The van der Waals surface area contributed by atoms with Crippen LogP contribution in [0.4, 0.5) is 0 Å². The van der Waals surface area contributed by atoms with Crippen molar-refractivity contribution >= 4 is 35.0 Å². The van der Waals surface area contributed by atoms with Crippen molar-refractivity contribution in [3.8, 4) is 0 Å². The number of halogens is 2. The molecule has 0 fully saturated rings. The number of amides is 2. The molecule has 0 aromatic rings. The molecule has 0 aromatic heterocycles. The van der Waals surface area contributed by atoms with Crippen LogP contribution in [0.5, 0.6) is 0 Å². The first kappa shape index (κ1) is 19.5. The minimum Gasteiger partial charge on any atom is -0.355 e. The van der Waals surface area contributed by atoms with E-state index in [0.717, 1.165) is 38.5 Å². The number of carbonyl (C=O) groups is 2. The molecule has 0 saturated heterocycles. The Hall–Kier alpha value is -0.480. The summed E-state index contributed by atoms with van der Waals surface area (Å²) in [5.41, 5.74) is 0. The van der Waals surface area contributed by atoms with E-state index >= 15 is 0 Å². The van der Waals surface area contributed by atoms with E-state index in [2.05, 4.69) is 10.6 Å². The van der Waals surface area contributed by atoms with Crippen molar-refractivity contribution in [3.63, 3.8) is 0 Å². The fourth-order valence-electron chi connectivity index (χ4n) is 1.83. The van der Waals surface area contributed by atoms with Crippen LogP contribution >= 0.6 is 23.2 Å². The van der Waals surface area contributed by atoms with Gasteiger partial charge in [0.1, 0.15) is 0 Å². The van der Waals surface area contributed by atoms with E-state index in [9.17, 15) is 9.59 Å². The monoisotopic (exact) mass is 324 g/mol. The number of unbranched alkanes of at least 4 members (excludes halogenated alkanes) is 5. The fourth-order valence-corrected chi connectivity index (χ4v) is 2.02. The summed E-state index contributed by atoms with van der Waals surface area (Å²) in [5.74, 6) is 1.09. The molecule has 0 aromatic carbocycles. The average Bonchev–Trinajstić information content (AvgIpc) is 2.45. The molecule has 0 rings (SSSR count). The van der Waals surface area contributed by atoms with Gasteiger partial charge in [0, 0.05) is 37.7 Å². The van der Waals surface area contributed by atoms with Crippen LogP contribution < -0.4 is 10.6 Å². The van der Waals surface area contributed by atoms with E-state index in [1.165, 1.54) is 0 Å². The smallest absolute Gasteiger partial charge is 0.220 e. The van der Waals surface area contributed by atoms with Gasteiger partial charge >= 0.3 is 0 Å². The van der Waals surface area contributed by atoms with Crippen molar-refractivity contribution in [2.75, 3.05) is 24.8 Å². The number of nitrogens with one attached hydrogen (secondary N) is 2.